The van der Waals surface area contributed by atoms with E-state index in [1.165, 1.54) is 25.6 Å². The fraction of sp³-hybridized carbons (Fsp3) is 0.448. The fourth-order valence-electron chi connectivity index (χ4n) is 5.87. The molecule has 2 fully saturated rings. The van der Waals surface area contributed by atoms with E-state index in [4.69, 9.17) is 9.15 Å². The van der Waals surface area contributed by atoms with E-state index in [9.17, 15) is 4.79 Å². The highest BCUT2D eigenvalue weighted by Crippen LogP contribution is 2.28. The third-order valence-corrected chi connectivity index (χ3v) is 7.81. The summed E-state index contributed by atoms with van der Waals surface area (Å²) in [5, 5.41) is 12.0. The molecule has 2 N–H and O–H groups in total. The maximum atomic E-state index is 11.9. The van der Waals surface area contributed by atoms with Crippen molar-refractivity contribution >= 4 is 23.3 Å². The lowest BCUT2D eigenvalue weighted by Crippen LogP contribution is -2.54. The molecule has 6 rings (SSSR count). The summed E-state index contributed by atoms with van der Waals surface area (Å²) in [5.74, 6) is 1.03. The Labute approximate surface area is 227 Å². The number of aryl methyl sites for hydroxylation is 1. The van der Waals surface area contributed by atoms with Crippen molar-refractivity contribution in [2.75, 3.05) is 30.4 Å². The zero-order valence-corrected chi connectivity index (χ0v) is 22.5. The largest absolute Gasteiger partial charge is 0.465 e. The monoisotopic (exact) mass is 529 g/mol. The predicted molar refractivity (Wildman–Crippen MR) is 149 cm³/mol. The van der Waals surface area contributed by atoms with Gasteiger partial charge in [0.1, 0.15) is 5.82 Å². The van der Waals surface area contributed by atoms with Gasteiger partial charge < -0.3 is 24.7 Å². The molecule has 2 aliphatic rings. The number of esters is 1. The van der Waals surface area contributed by atoms with Crippen molar-refractivity contribution in [2.24, 2.45) is 0 Å². The standard InChI is InChI=1S/C29H35N7O3/c1-19-31-27-13-12-23(18-36(27)34-19)35-14-6-9-22(17-35)32-24-10-3-4-11-25(24)33-29-30-16-26(39-29)20-7-5-8-21(15-20)28(37)38-2/h5,7-8,12-13,15-16,18,22,24-25,32H,3-4,6,9-11,14,17H2,1-2H3,(H,30,33)/t22-,24+,25+/m0/s1. The first-order valence-corrected chi connectivity index (χ1v) is 13.8. The van der Waals surface area contributed by atoms with Crippen LogP contribution in [0.5, 0.6) is 0 Å². The molecule has 4 aromatic rings. The number of hydrogen-bond donors (Lipinski definition) is 2. The number of rotatable bonds is 7. The number of pyridine rings is 1. The van der Waals surface area contributed by atoms with Gasteiger partial charge in [0, 0.05) is 36.8 Å². The number of nitrogens with zero attached hydrogens (tertiary/aromatic N) is 5. The van der Waals surface area contributed by atoms with Crippen LogP contribution in [-0.2, 0) is 4.74 Å². The molecular weight excluding hydrogens is 494 g/mol. The summed E-state index contributed by atoms with van der Waals surface area (Å²) in [6, 6.07) is 12.9. The smallest absolute Gasteiger partial charge is 0.337 e. The van der Waals surface area contributed by atoms with Crippen LogP contribution in [0, 0.1) is 6.92 Å². The molecule has 4 heterocycles. The van der Waals surface area contributed by atoms with Gasteiger partial charge in [-0.25, -0.2) is 19.3 Å². The number of aromatic nitrogens is 4. The number of anilines is 2. The van der Waals surface area contributed by atoms with E-state index in [0.29, 0.717) is 29.4 Å². The number of methoxy groups -OCH3 is 1. The van der Waals surface area contributed by atoms with Gasteiger partial charge in [-0.3, -0.25) is 0 Å². The topological polar surface area (TPSA) is 110 Å². The second-order valence-electron chi connectivity index (χ2n) is 10.5. The van der Waals surface area contributed by atoms with Gasteiger partial charge in [-0.2, -0.15) is 5.10 Å². The first-order valence-electron chi connectivity index (χ1n) is 13.8. The Hall–Kier alpha value is -3.92. The van der Waals surface area contributed by atoms with Crippen LogP contribution in [0.3, 0.4) is 0 Å². The van der Waals surface area contributed by atoms with Crippen LogP contribution in [0.25, 0.3) is 17.0 Å². The van der Waals surface area contributed by atoms with Crippen LogP contribution in [0.15, 0.2) is 53.2 Å². The molecule has 1 saturated carbocycles. The minimum atomic E-state index is -0.374. The molecule has 3 aromatic heterocycles. The Morgan fingerprint density at radius 1 is 1.10 bits per heavy atom. The van der Waals surface area contributed by atoms with E-state index < -0.39 is 0 Å². The molecule has 0 spiro atoms. The molecule has 0 radical (unpaired) electrons. The number of benzene rings is 1. The SMILES string of the molecule is COC(=O)c1cccc(-c2cnc(N[C@@H]3CCCC[C@H]3N[C@H]3CCCN(c4ccc5nc(C)nn5c4)C3)o2)c1. The molecule has 204 valence electrons. The summed E-state index contributed by atoms with van der Waals surface area (Å²) in [5.41, 5.74) is 3.33. The summed E-state index contributed by atoms with van der Waals surface area (Å²) in [4.78, 5) is 23.3. The number of ether oxygens (including phenoxy) is 1. The normalized spacial score (nSPS) is 21.7. The lowest BCUT2D eigenvalue weighted by Gasteiger charge is -2.40. The van der Waals surface area contributed by atoms with E-state index in [0.717, 1.165) is 55.8 Å². The van der Waals surface area contributed by atoms with Crippen molar-refractivity contribution in [1.82, 2.24) is 24.9 Å². The Morgan fingerprint density at radius 3 is 2.85 bits per heavy atom. The van der Waals surface area contributed by atoms with Crippen molar-refractivity contribution in [3.8, 4) is 11.3 Å². The van der Waals surface area contributed by atoms with Crippen molar-refractivity contribution < 1.29 is 13.9 Å². The number of fused-ring (bicyclic) bond motifs is 1. The molecule has 1 aliphatic heterocycles. The molecule has 0 unspecified atom stereocenters. The van der Waals surface area contributed by atoms with E-state index >= 15 is 0 Å². The van der Waals surface area contributed by atoms with Gasteiger partial charge in [0.05, 0.1) is 30.8 Å². The van der Waals surface area contributed by atoms with Gasteiger partial charge in [-0.15, -0.1) is 0 Å². The van der Waals surface area contributed by atoms with Crippen LogP contribution < -0.4 is 15.5 Å². The summed E-state index contributed by atoms with van der Waals surface area (Å²) in [6.07, 6.45) is 10.7. The maximum Gasteiger partial charge on any atom is 0.337 e. The summed E-state index contributed by atoms with van der Waals surface area (Å²) in [7, 11) is 1.38. The minimum Gasteiger partial charge on any atom is -0.465 e. The zero-order valence-electron chi connectivity index (χ0n) is 22.5. The van der Waals surface area contributed by atoms with Gasteiger partial charge >= 0.3 is 5.97 Å². The molecule has 39 heavy (non-hydrogen) atoms. The molecule has 0 amide bonds. The number of oxazole rings is 1. The van der Waals surface area contributed by atoms with Gasteiger partial charge in [0.2, 0.25) is 0 Å². The lowest BCUT2D eigenvalue weighted by atomic mass is 9.89. The highest BCUT2D eigenvalue weighted by molar-refractivity contribution is 5.90. The van der Waals surface area contributed by atoms with Crippen molar-refractivity contribution in [3.63, 3.8) is 0 Å². The molecule has 10 nitrogen and oxygen atoms in total. The molecular formula is C29H35N7O3. The Bertz CT molecular complexity index is 1450. The summed E-state index contributed by atoms with van der Waals surface area (Å²) < 4.78 is 12.8. The molecule has 0 bridgehead atoms. The van der Waals surface area contributed by atoms with Crippen LogP contribution in [0.2, 0.25) is 0 Å². The lowest BCUT2D eigenvalue weighted by molar-refractivity contribution is 0.0601. The van der Waals surface area contributed by atoms with Gasteiger partial charge in [-0.1, -0.05) is 25.0 Å². The molecule has 1 aliphatic carbocycles. The number of piperidine rings is 1. The first-order chi connectivity index (χ1) is 19.1. The van der Waals surface area contributed by atoms with E-state index in [1.807, 2.05) is 29.6 Å². The Balaban J connectivity index is 1.11. The van der Waals surface area contributed by atoms with Crippen LogP contribution in [-0.4, -0.2) is 63.9 Å². The van der Waals surface area contributed by atoms with E-state index in [2.05, 4.69) is 42.9 Å². The van der Waals surface area contributed by atoms with Crippen molar-refractivity contribution in [1.29, 1.82) is 0 Å². The predicted octanol–water partition coefficient (Wildman–Crippen LogP) is 4.46. The molecule has 3 atom stereocenters. The minimum absolute atomic E-state index is 0.233. The van der Waals surface area contributed by atoms with Gasteiger partial charge in [0.25, 0.3) is 6.01 Å². The second-order valence-corrected chi connectivity index (χ2v) is 10.5. The second kappa shape index (κ2) is 11.1. The van der Waals surface area contributed by atoms with Crippen LogP contribution >= 0.6 is 0 Å². The number of carbonyl (C=O) groups excluding carboxylic acids is 1. The van der Waals surface area contributed by atoms with Gasteiger partial charge in [0.15, 0.2) is 11.4 Å². The molecule has 1 saturated heterocycles. The van der Waals surface area contributed by atoms with Crippen LogP contribution in [0.4, 0.5) is 11.7 Å². The average molecular weight is 530 g/mol. The number of nitrogens with one attached hydrogen (secondary N) is 2. The number of carbonyl (C=O) groups is 1. The van der Waals surface area contributed by atoms with E-state index in [-0.39, 0.29) is 12.0 Å². The summed E-state index contributed by atoms with van der Waals surface area (Å²) in [6.45, 7) is 3.92. The molecule has 1 aromatic carbocycles. The third kappa shape index (κ3) is 5.61. The Kier molecular flexibility index (Phi) is 7.19. The third-order valence-electron chi connectivity index (χ3n) is 7.81. The fourth-order valence-corrected chi connectivity index (χ4v) is 5.87. The highest BCUT2D eigenvalue weighted by Gasteiger charge is 2.30. The molecule has 10 heteroatoms. The van der Waals surface area contributed by atoms with E-state index in [1.54, 1.807) is 18.3 Å². The maximum absolute atomic E-state index is 11.9. The highest BCUT2D eigenvalue weighted by atomic mass is 16.5. The number of hydrogen-bond acceptors (Lipinski definition) is 9. The summed E-state index contributed by atoms with van der Waals surface area (Å²) >= 11 is 0. The average Bonchev–Trinajstić information content (AvgIpc) is 3.59. The van der Waals surface area contributed by atoms with Crippen molar-refractivity contribution in [2.45, 2.75) is 63.6 Å². The first kappa shape index (κ1) is 25.4. The zero-order chi connectivity index (χ0) is 26.8. The van der Waals surface area contributed by atoms with Crippen molar-refractivity contribution in [3.05, 3.63) is 60.2 Å². The van der Waals surface area contributed by atoms with Gasteiger partial charge in [-0.05, 0) is 56.9 Å². The van der Waals surface area contributed by atoms with Crippen LogP contribution in [0.1, 0.15) is 54.7 Å². The Morgan fingerprint density at radius 2 is 1.97 bits per heavy atom. The quantitative estimate of drug-likeness (QED) is 0.335.